The van der Waals surface area contributed by atoms with Gasteiger partial charge in [-0.25, -0.2) is 0 Å². The summed E-state index contributed by atoms with van der Waals surface area (Å²) in [6.45, 7) is 3.53. The molecule has 0 spiro atoms. The van der Waals surface area contributed by atoms with Crippen LogP contribution in [0.3, 0.4) is 0 Å². The molecule has 134 valence electrons. The van der Waals surface area contributed by atoms with Crippen molar-refractivity contribution in [3.8, 4) is 5.75 Å². The predicted molar refractivity (Wildman–Crippen MR) is 103 cm³/mol. The van der Waals surface area contributed by atoms with E-state index >= 15 is 0 Å². The Morgan fingerprint density at radius 3 is 2.20 bits per heavy atom. The molecule has 2 aromatic carbocycles. The fraction of sp³-hybridized carbons (Fsp3) is 0.364. The first-order valence-electron chi connectivity index (χ1n) is 8.79. The smallest absolute Gasteiger partial charge is 0.121 e. The average Bonchev–Trinajstić information content (AvgIpc) is 2.58. The highest BCUT2D eigenvalue weighted by molar-refractivity contribution is 5.70. The first-order valence-corrected chi connectivity index (χ1v) is 8.79. The van der Waals surface area contributed by atoms with Crippen molar-refractivity contribution in [3.63, 3.8) is 0 Å². The Morgan fingerprint density at radius 1 is 0.920 bits per heavy atom. The molecule has 0 aliphatic rings. The van der Waals surface area contributed by atoms with Gasteiger partial charge in [0, 0.05) is 5.56 Å². The molecule has 3 heteroatoms. The van der Waals surface area contributed by atoms with Crippen molar-refractivity contribution in [1.29, 1.82) is 0 Å². The van der Waals surface area contributed by atoms with Crippen LogP contribution in [0.5, 0.6) is 5.75 Å². The van der Waals surface area contributed by atoms with Gasteiger partial charge in [0.1, 0.15) is 5.75 Å². The zero-order chi connectivity index (χ0) is 18.3. The van der Waals surface area contributed by atoms with Crippen LogP contribution in [0.25, 0.3) is 12.2 Å². The molecule has 0 amide bonds. The normalized spacial score (nSPS) is 12.0. The van der Waals surface area contributed by atoms with Crippen molar-refractivity contribution in [2.24, 2.45) is 0 Å². The lowest BCUT2D eigenvalue weighted by atomic mass is 9.98. The highest BCUT2D eigenvalue weighted by Crippen LogP contribution is 2.20. The molecule has 0 aliphatic carbocycles. The van der Waals surface area contributed by atoms with Crippen molar-refractivity contribution in [2.45, 2.75) is 51.7 Å². The van der Waals surface area contributed by atoms with Crippen LogP contribution in [0.2, 0.25) is 0 Å². The average molecular weight is 340 g/mol. The Hall–Kier alpha value is -2.10. The maximum absolute atomic E-state index is 9.72. The third kappa shape index (κ3) is 6.73. The summed E-state index contributed by atoms with van der Waals surface area (Å²) in [6.07, 6.45) is 7.95. The van der Waals surface area contributed by atoms with Gasteiger partial charge in [-0.15, -0.1) is 0 Å². The second-order valence-electron chi connectivity index (χ2n) is 7.14. The van der Waals surface area contributed by atoms with E-state index in [0.29, 0.717) is 5.56 Å². The van der Waals surface area contributed by atoms with E-state index in [4.69, 9.17) is 0 Å². The number of aryl methyl sites for hydroxylation is 1. The van der Waals surface area contributed by atoms with Gasteiger partial charge in [-0.1, -0.05) is 48.9 Å². The topological polar surface area (TPSA) is 60.7 Å². The summed E-state index contributed by atoms with van der Waals surface area (Å²) in [4.78, 5) is 0. The first kappa shape index (κ1) is 19.2. The molecule has 0 unspecified atom stereocenters. The van der Waals surface area contributed by atoms with E-state index in [1.807, 2.05) is 32.1 Å². The minimum Gasteiger partial charge on any atom is -0.508 e. The van der Waals surface area contributed by atoms with Gasteiger partial charge in [0.15, 0.2) is 0 Å². The Bertz CT molecular complexity index is 694. The summed E-state index contributed by atoms with van der Waals surface area (Å²) in [5, 5.41) is 28.5. The van der Waals surface area contributed by atoms with E-state index in [2.05, 4.69) is 24.3 Å². The number of aromatic hydroxyl groups is 1. The Morgan fingerprint density at radius 2 is 1.56 bits per heavy atom. The number of aliphatic hydroxyl groups excluding tert-OH is 1. The quantitative estimate of drug-likeness (QED) is 0.488. The second-order valence-corrected chi connectivity index (χ2v) is 7.14. The molecule has 25 heavy (non-hydrogen) atoms. The van der Waals surface area contributed by atoms with Crippen LogP contribution < -0.4 is 0 Å². The minimum absolute atomic E-state index is 0.119. The van der Waals surface area contributed by atoms with Gasteiger partial charge in [-0.2, -0.15) is 0 Å². The van der Waals surface area contributed by atoms with E-state index in [1.54, 1.807) is 12.1 Å². The van der Waals surface area contributed by atoms with Crippen LogP contribution in [-0.2, 0) is 13.0 Å². The van der Waals surface area contributed by atoms with E-state index in [1.165, 1.54) is 5.56 Å². The summed E-state index contributed by atoms with van der Waals surface area (Å²) in [7, 11) is 0. The van der Waals surface area contributed by atoms with Gasteiger partial charge >= 0.3 is 0 Å². The number of hydrogen-bond acceptors (Lipinski definition) is 3. The largest absolute Gasteiger partial charge is 0.508 e. The molecule has 0 heterocycles. The first-order chi connectivity index (χ1) is 11.9. The summed E-state index contributed by atoms with van der Waals surface area (Å²) >= 11 is 0. The van der Waals surface area contributed by atoms with Crippen LogP contribution >= 0.6 is 0 Å². The van der Waals surface area contributed by atoms with Crippen LogP contribution in [0.1, 0.15) is 55.4 Å². The Labute approximate surface area is 150 Å². The fourth-order valence-electron chi connectivity index (χ4n) is 2.71. The van der Waals surface area contributed by atoms with E-state index in [-0.39, 0.29) is 12.4 Å². The molecule has 3 N–H and O–H groups in total. The molecule has 0 bridgehead atoms. The molecule has 0 aromatic heterocycles. The van der Waals surface area contributed by atoms with Crippen LogP contribution in [0.4, 0.5) is 0 Å². The van der Waals surface area contributed by atoms with E-state index in [9.17, 15) is 15.3 Å². The van der Waals surface area contributed by atoms with Gasteiger partial charge in [-0.05, 0) is 61.9 Å². The van der Waals surface area contributed by atoms with E-state index in [0.717, 1.165) is 36.8 Å². The fourth-order valence-corrected chi connectivity index (χ4v) is 2.71. The second kappa shape index (κ2) is 8.84. The zero-order valence-corrected chi connectivity index (χ0v) is 15.1. The van der Waals surface area contributed by atoms with Crippen molar-refractivity contribution in [2.75, 3.05) is 0 Å². The number of aliphatic hydroxyl groups is 2. The zero-order valence-electron chi connectivity index (χ0n) is 15.1. The molecular formula is C22H28O3. The molecule has 2 rings (SSSR count). The summed E-state index contributed by atoms with van der Waals surface area (Å²) in [5.74, 6) is 0.119. The number of rotatable bonds is 8. The monoisotopic (exact) mass is 340 g/mol. The molecule has 0 atom stereocenters. The summed E-state index contributed by atoms with van der Waals surface area (Å²) in [6, 6.07) is 13.7. The maximum Gasteiger partial charge on any atom is 0.121 e. The SMILES string of the molecule is CC(C)(O)CCCCc1ccc(C=Cc2ccc(O)c(CO)c2)cc1. The third-order valence-electron chi connectivity index (χ3n) is 4.23. The highest BCUT2D eigenvalue weighted by atomic mass is 16.3. The molecule has 0 fully saturated rings. The Balaban J connectivity index is 1.89. The van der Waals surface area contributed by atoms with E-state index < -0.39 is 5.60 Å². The molecule has 3 nitrogen and oxygen atoms in total. The van der Waals surface area contributed by atoms with Gasteiger partial charge < -0.3 is 15.3 Å². The molecule has 0 saturated carbocycles. The predicted octanol–water partition coefficient (Wildman–Crippen LogP) is 4.54. The number of unbranched alkanes of at least 4 members (excludes halogenated alkanes) is 1. The number of benzene rings is 2. The van der Waals surface area contributed by atoms with Gasteiger partial charge in [0.05, 0.1) is 12.2 Å². The van der Waals surface area contributed by atoms with Crippen LogP contribution in [0.15, 0.2) is 42.5 Å². The van der Waals surface area contributed by atoms with Gasteiger partial charge in [-0.3, -0.25) is 0 Å². The lowest BCUT2D eigenvalue weighted by Crippen LogP contribution is -2.17. The molecule has 0 aliphatic heterocycles. The lowest BCUT2D eigenvalue weighted by molar-refractivity contribution is 0.0682. The molecule has 0 radical (unpaired) electrons. The van der Waals surface area contributed by atoms with Gasteiger partial charge in [0.2, 0.25) is 0 Å². The van der Waals surface area contributed by atoms with Crippen molar-refractivity contribution >= 4 is 12.2 Å². The number of phenols is 1. The lowest BCUT2D eigenvalue weighted by Gasteiger charge is -2.16. The summed E-state index contributed by atoms with van der Waals surface area (Å²) < 4.78 is 0. The number of hydrogen-bond donors (Lipinski definition) is 3. The molecule has 0 saturated heterocycles. The standard InChI is InChI=1S/C22H28O3/c1-22(2,25)14-4-3-5-17-6-8-18(9-7-17)10-11-19-12-13-21(24)20(15-19)16-23/h6-13,15,23-25H,3-5,14,16H2,1-2H3. The minimum atomic E-state index is -0.571. The van der Waals surface area contributed by atoms with Crippen molar-refractivity contribution in [1.82, 2.24) is 0 Å². The third-order valence-corrected chi connectivity index (χ3v) is 4.23. The van der Waals surface area contributed by atoms with Crippen molar-refractivity contribution < 1.29 is 15.3 Å². The molecule has 2 aromatic rings. The van der Waals surface area contributed by atoms with Crippen LogP contribution in [0, 0.1) is 0 Å². The Kier molecular flexibility index (Phi) is 6.80. The van der Waals surface area contributed by atoms with Crippen LogP contribution in [-0.4, -0.2) is 20.9 Å². The highest BCUT2D eigenvalue weighted by Gasteiger charge is 2.10. The van der Waals surface area contributed by atoms with Gasteiger partial charge in [0.25, 0.3) is 0 Å². The molecular weight excluding hydrogens is 312 g/mol. The van der Waals surface area contributed by atoms with Crippen molar-refractivity contribution in [3.05, 3.63) is 64.7 Å². The summed E-state index contributed by atoms with van der Waals surface area (Å²) in [5.41, 5.74) is 3.32. The maximum atomic E-state index is 9.72.